The second-order valence-electron chi connectivity index (χ2n) is 5.21. The third kappa shape index (κ3) is 3.36. The van der Waals surface area contributed by atoms with Gasteiger partial charge < -0.3 is 10.1 Å². The predicted octanol–water partition coefficient (Wildman–Crippen LogP) is 1.67. The number of hydrogen-bond donors (Lipinski definition) is 1. The Morgan fingerprint density at radius 3 is 2.79 bits per heavy atom. The molecule has 0 saturated heterocycles. The third-order valence-electron chi connectivity index (χ3n) is 3.53. The van der Waals surface area contributed by atoms with E-state index in [9.17, 15) is 9.59 Å². The molecule has 24 heavy (non-hydrogen) atoms. The van der Waals surface area contributed by atoms with Crippen LogP contribution in [0.3, 0.4) is 0 Å². The molecule has 0 aliphatic carbocycles. The summed E-state index contributed by atoms with van der Waals surface area (Å²) in [5.74, 6) is -0.315. The lowest BCUT2D eigenvalue weighted by molar-refractivity contribution is -0.117. The smallest absolute Gasteiger partial charge is 0.350 e. The summed E-state index contributed by atoms with van der Waals surface area (Å²) in [6, 6.07) is 12.7. The van der Waals surface area contributed by atoms with E-state index in [4.69, 9.17) is 4.74 Å². The molecule has 0 spiro atoms. The highest BCUT2D eigenvalue weighted by molar-refractivity contribution is 5.91. The zero-order valence-electron chi connectivity index (χ0n) is 13.3. The van der Waals surface area contributed by atoms with Gasteiger partial charge in [0, 0.05) is 24.1 Å². The molecule has 0 fully saturated rings. The van der Waals surface area contributed by atoms with Gasteiger partial charge in [0.1, 0.15) is 6.54 Å². The number of fused-ring (bicyclic) bond motifs is 1. The van der Waals surface area contributed by atoms with Crippen molar-refractivity contribution in [3.63, 3.8) is 0 Å². The maximum atomic E-state index is 12.3. The number of aromatic nitrogens is 3. The highest BCUT2D eigenvalue weighted by Gasteiger charge is 2.12. The molecule has 0 unspecified atom stereocenters. The molecule has 2 heterocycles. The fraction of sp³-hybridized carbons (Fsp3) is 0.235. The van der Waals surface area contributed by atoms with Gasteiger partial charge in [0.15, 0.2) is 5.65 Å². The number of carbonyl (C=O) groups is 1. The van der Waals surface area contributed by atoms with Gasteiger partial charge in [0.05, 0.1) is 6.61 Å². The lowest BCUT2D eigenvalue weighted by atomic mass is 10.2. The van der Waals surface area contributed by atoms with Crippen LogP contribution in [0.2, 0.25) is 0 Å². The predicted molar refractivity (Wildman–Crippen MR) is 89.9 cm³/mol. The molecule has 0 atom stereocenters. The summed E-state index contributed by atoms with van der Waals surface area (Å²) in [6.07, 6.45) is 1.62. The van der Waals surface area contributed by atoms with E-state index < -0.39 is 0 Å². The Bertz CT molecular complexity index is 913. The number of ether oxygens (including phenoxy) is 1. The summed E-state index contributed by atoms with van der Waals surface area (Å²) in [5, 5.41) is 6.96. The van der Waals surface area contributed by atoms with Gasteiger partial charge in [-0.2, -0.15) is 0 Å². The number of nitrogens with one attached hydrogen (secondary N) is 1. The molecule has 3 aromatic rings. The molecule has 0 aliphatic rings. The molecule has 7 heteroatoms. The van der Waals surface area contributed by atoms with E-state index in [1.54, 1.807) is 30.5 Å². The minimum Gasteiger partial charge on any atom is -0.377 e. The summed E-state index contributed by atoms with van der Waals surface area (Å²) in [5.41, 5.74) is 1.72. The van der Waals surface area contributed by atoms with Crippen LogP contribution in [-0.4, -0.2) is 26.7 Å². The number of amides is 1. The second kappa shape index (κ2) is 7.10. The van der Waals surface area contributed by atoms with Crippen molar-refractivity contribution >= 4 is 17.2 Å². The molecule has 1 amide bonds. The highest BCUT2D eigenvalue weighted by atomic mass is 16.5. The summed E-state index contributed by atoms with van der Waals surface area (Å²) in [4.78, 5) is 24.5. The van der Waals surface area contributed by atoms with Gasteiger partial charge in [0.25, 0.3) is 0 Å². The van der Waals surface area contributed by atoms with Crippen LogP contribution >= 0.6 is 0 Å². The first-order chi connectivity index (χ1) is 11.7. The third-order valence-corrected chi connectivity index (χ3v) is 3.53. The molecule has 0 saturated carbocycles. The monoisotopic (exact) mass is 326 g/mol. The Balaban J connectivity index is 1.76. The summed E-state index contributed by atoms with van der Waals surface area (Å²) in [7, 11) is 0. The van der Waals surface area contributed by atoms with Crippen molar-refractivity contribution in [1.29, 1.82) is 0 Å². The standard InChI is InChI=1S/C17H18N4O3/c1-2-24-12-13-7-3-4-8-14(13)18-16(22)11-21-17(23)20-10-6-5-9-15(20)19-21/h3-10H,2,11-12H2,1H3,(H,18,22). The Hall–Kier alpha value is -2.93. The van der Waals surface area contributed by atoms with Gasteiger partial charge >= 0.3 is 5.69 Å². The van der Waals surface area contributed by atoms with E-state index in [1.807, 2.05) is 25.1 Å². The normalized spacial score (nSPS) is 10.9. The van der Waals surface area contributed by atoms with Crippen LogP contribution in [0.5, 0.6) is 0 Å². The minimum absolute atomic E-state index is 0.149. The fourth-order valence-corrected chi connectivity index (χ4v) is 2.38. The lowest BCUT2D eigenvalue weighted by Gasteiger charge is -2.10. The van der Waals surface area contributed by atoms with Crippen molar-refractivity contribution in [2.75, 3.05) is 11.9 Å². The lowest BCUT2D eigenvalue weighted by Crippen LogP contribution is -2.28. The number of hydrogen-bond acceptors (Lipinski definition) is 4. The topological polar surface area (TPSA) is 77.6 Å². The van der Waals surface area contributed by atoms with Crippen molar-refractivity contribution in [3.8, 4) is 0 Å². The van der Waals surface area contributed by atoms with Crippen molar-refractivity contribution in [2.45, 2.75) is 20.1 Å². The van der Waals surface area contributed by atoms with Gasteiger partial charge in [-0.05, 0) is 25.1 Å². The van der Waals surface area contributed by atoms with Crippen molar-refractivity contribution < 1.29 is 9.53 Å². The van der Waals surface area contributed by atoms with E-state index in [1.165, 1.54) is 4.40 Å². The summed E-state index contributed by atoms with van der Waals surface area (Å²) >= 11 is 0. The highest BCUT2D eigenvalue weighted by Crippen LogP contribution is 2.16. The van der Waals surface area contributed by atoms with Gasteiger partial charge in [-0.1, -0.05) is 24.3 Å². The van der Waals surface area contributed by atoms with Crippen molar-refractivity contribution in [1.82, 2.24) is 14.2 Å². The van der Waals surface area contributed by atoms with Gasteiger partial charge in [-0.3, -0.25) is 9.20 Å². The van der Waals surface area contributed by atoms with E-state index in [0.717, 1.165) is 10.2 Å². The van der Waals surface area contributed by atoms with Crippen LogP contribution in [0.15, 0.2) is 53.5 Å². The van der Waals surface area contributed by atoms with Crippen molar-refractivity contribution in [3.05, 3.63) is 64.7 Å². The second-order valence-corrected chi connectivity index (χ2v) is 5.21. The average Bonchev–Trinajstić information content (AvgIpc) is 2.90. The van der Waals surface area contributed by atoms with Crippen LogP contribution in [0, 0.1) is 0 Å². The van der Waals surface area contributed by atoms with Crippen LogP contribution < -0.4 is 11.0 Å². The van der Waals surface area contributed by atoms with Crippen LogP contribution in [0.4, 0.5) is 5.69 Å². The molecular formula is C17H18N4O3. The molecule has 7 nitrogen and oxygen atoms in total. The maximum absolute atomic E-state index is 12.3. The zero-order valence-corrected chi connectivity index (χ0v) is 13.3. The first-order valence-corrected chi connectivity index (χ1v) is 7.68. The van der Waals surface area contributed by atoms with Crippen LogP contribution in [0.1, 0.15) is 12.5 Å². The quantitative estimate of drug-likeness (QED) is 0.747. The molecule has 3 rings (SSSR count). The number of rotatable bonds is 6. The van der Waals surface area contributed by atoms with Gasteiger partial charge in [-0.15, -0.1) is 5.10 Å². The zero-order chi connectivity index (χ0) is 16.9. The Morgan fingerprint density at radius 2 is 2.00 bits per heavy atom. The van der Waals surface area contributed by atoms with E-state index in [-0.39, 0.29) is 18.1 Å². The molecular weight excluding hydrogens is 308 g/mol. The van der Waals surface area contributed by atoms with E-state index >= 15 is 0 Å². The Labute approximate surface area is 138 Å². The molecule has 1 N–H and O–H groups in total. The van der Waals surface area contributed by atoms with E-state index in [0.29, 0.717) is 24.5 Å². The van der Waals surface area contributed by atoms with Crippen molar-refractivity contribution in [2.24, 2.45) is 0 Å². The number of para-hydroxylation sites is 1. The largest absolute Gasteiger partial charge is 0.377 e. The summed E-state index contributed by atoms with van der Waals surface area (Å²) in [6.45, 7) is 2.78. The molecule has 0 bridgehead atoms. The number of benzene rings is 1. The Kier molecular flexibility index (Phi) is 4.72. The molecule has 0 radical (unpaired) electrons. The number of carbonyl (C=O) groups excluding carboxylic acids is 1. The fourth-order valence-electron chi connectivity index (χ4n) is 2.38. The first-order valence-electron chi connectivity index (χ1n) is 7.68. The Morgan fingerprint density at radius 1 is 1.21 bits per heavy atom. The van der Waals surface area contributed by atoms with Crippen LogP contribution in [-0.2, 0) is 22.7 Å². The van der Waals surface area contributed by atoms with Gasteiger partial charge in [0.2, 0.25) is 5.91 Å². The molecule has 124 valence electrons. The molecule has 2 aromatic heterocycles. The summed E-state index contributed by atoms with van der Waals surface area (Å²) < 4.78 is 7.94. The minimum atomic E-state index is -0.344. The average molecular weight is 326 g/mol. The first kappa shape index (κ1) is 15.9. The maximum Gasteiger partial charge on any atom is 0.350 e. The molecule has 1 aromatic carbocycles. The number of pyridine rings is 1. The van der Waals surface area contributed by atoms with Crippen LogP contribution in [0.25, 0.3) is 5.65 Å². The molecule has 0 aliphatic heterocycles. The number of nitrogens with zero attached hydrogens (tertiary/aromatic N) is 3. The van der Waals surface area contributed by atoms with Gasteiger partial charge in [-0.25, -0.2) is 9.48 Å². The SMILES string of the molecule is CCOCc1ccccc1NC(=O)Cn1nc2ccccn2c1=O. The van der Waals surface area contributed by atoms with E-state index in [2.05, 4.69) is 10.4 Å². The number of anilines is 1.